The number of anilines is 1. The second-order valence-corrected chi connectivity index (χ2v) is 4.84. The summed E-state index contributed by atoms with van der Waals surface area (Å²) in [6, 6.07) is 0. The first-order valence-electron chi connectivity index (χ1n) is 6.35. The smallest absolute Gasteiger partial charge is 0.356 e. The SMILES string of the molecule is CC(C)Cn1ccnc1CNc1cnc(C(=O)O)cn1. The first-order chi connectivity index (χ1) is 9.56. The molecule has 2 rings (SSSR count). The largest absolute Gasteiger partial charge is 0.476 e. The molecule has 106 valence electrons. The van der Waals surface area contributed by atoms with Crippen molar-refractivity contribution in [2.75, 3.05) is 5.32 Å². The lowest BCUT2D eigenvalue weighted by molar-refractivity contribution is 0.0690. The van der Waals surface area contributed by atoms with Crippen LogP contribution < -0.4 is 5.32 Å². The minimum absolute atomic E-state index is 0.0724. The van der Waals surface area contributed by atoms with Gasteiger partial charge >= 0.3 is 5.97 Å². The second-order valence-electron chi connectivity index (χ2n) is 4.84. The van der Waals surface area contributed by atoms with E-state index in [0.717, 1.165) is 12.4 Å². The molecular formula is C13H17N5O2. The summed E-state index contributed by atoms with van der Waals surface area (Å²) >= 11 is 0. The first-order valence-corrected chi connectivity index (χ1v) is 6.35. The molecule has 0 aliphatic heterocycles. The number of rotatable bonds is 6. The van der Waals surface area contributed by atoms with Crippen LogP contribution in [0.1, 0.15) is 30.2 Å². The normalized spacial score (nSPS) is 10.8. The van der Waals surface area contributed by atoms with Crippen LogP contribution in [0.25, 0.3) is 0 Å². The van der Waals surface area contributed by atoms with Gasteiger partial charge in [-0.1, -0.05) is 13.8 Å². The zero-order valence-electron chi connectivity index (χ0n) is 11.4. The molecule has 0 atom stereocenters. The second kappa shape index (κ2) is 6.14. The van der Waals surface area contributed by atoms with Gasteiger partial charge in [-0.2, -0.15) is 0 Å². The Labute approximate surface area is 116 Å². The number of hydrogen-bond acceptors (Lipinski definition) is 5. The lowest BCUT2D eigenvalue weighted by Gasteiger charge is -2.11. The molecule has 0 aliphatic carbocycles. The van der Waals surface area contributed by atoms with Crippen molar-refractivity contribution in [3.63, 3.8) is 0 Å². The number of carboxylic acids is 1. The zero-order valence-corrected chi connectivity index (χ0v) is 11.4. The van der Waals surface area contributed by atoms with E-state index in [1.54, 1.807) is 6.20 Å². The van der Waals surface area contributed by atoms with Gasteiger partial charge in [-0.05, 0) is 5.92 Å². The molecule has 2 N–H and O–H groups in total. The van der Waals surface area contributed by atoms with Gasteiger partial charge in [0.2, 0.25) is 0 Å². The Kier molecular flexibility index (Phi) is 4.29. The fourth-order valence-corrected chi connectivity index (χ4v) is 1.77. The highest BCUT2D eigenvalue weighted by Crippen LogP contribution is 2.07. The first kappa shape index (κ1) is 14.0. The molecule has 7 nitrogen and oxygen atoms in total. The van der Waals surface area contributed by atoms with E-state index in [1.165, 1.54) is 12.4 Å². The van der Waals surface area contributed by atoms with Gasteiger partial charge in [0.15, 0.2) is 5.69 Å². The van der Waals surface area contributed by atoms with E-state index in [4.69, 9.17) is 5.11 Å². The fourth-order valence-electron chi connectivity index (χ4n) is 1.77. The van der Waals surface area contributed by atoms with Crippen LogP contribution in [-0.4, -0.2) is 30.6 Å². The van der Waals surface area contributed by atoms with E-state index < -0.39 is 5.97 Å². The quantitative estimate of drug-likeness (QED) is 0.832. The minimum atomic E-state index is -1.09. The van der Waals surface area contributed by atoms with Gasteiger partial charge in [0.1, 0.15) is 11.6 Å². The molecule has 0 unspecified atom stereocenters. The molecule has 2 heterocycles. The third-order valence-electron chi connectivity index (χ3n) is 2.66. The van der Waals surface area contributed by atoms with E-state index in [2.05, 4.69) is 38.7 Å². The monoisotopic (exact) mass is 275 g/mol. The molecule has 0 saturated heterocycles. The van der Waals surface area contributed by atoms with Crippen LogP contribution >= 0.6 is 0 Å². The third kappa shape index (κ3) is 3.53. The number of imidazole rings is 1. The molecule has 0 bridgehead atoms. The predicted octanol–water partition coefficient (Wildman–Crippen LogP) is 1.64. The van der Waals surface area contributed by atoms with Crippen LogP contribution in [-0.2, 0) is 13.1 Å². The Morgan fingerprint density at radius 3 is 2.75 bits per heavy atom. The highest BCUT2D eigenvalue weighted by atomic mass is 16.4. The molecule has 0 amide bonds. The van der Waals surface area contributed by atoms with E-state index in [0.29, 0.717) is 18.3 Å². The number of aromatic carboxylic acids is 1. The number of nitrogens with one attached hydrogen (secondary N) is 1. The summed E-state index contributed by atoms with van der Waals surface area (Å²) in [7, 11) is 0. The van der Waals surface area contributed by atoms with E-state index in [-0.39, 0.29) is 5.69 Å². The van der Waals surface area contributed by atoms with Gasteiger partial charge < -0.3 is 15.0 Å². The highest BCUT2D eigenvalue weighted by molar-refractivity contribution is 5.84. The molecule has 2 aromatic heterocycles. The molecule has 0 spiro atoms. The topological polar surface area (TPSA) is 92.9 Å². The van der Waals surface area contributed by atoms with E-state index in [1.807, 2.05) is 6.20 Å². The molecule has 7 heteroatoms. The van der Waals surface area contributed by atoms with Crippen LogP contribution in [0.5, 0.6) is 0 Å². The Morgan fingerprint density at radius 2 is 2.15 bits per heavy atom. The standard InChI is InChI=1S/C13H17N5O2/c1-9(2)8-18-4-3-14-12(18)7-17-11-6-15-10(5-16-11)13(19)20/h3-6,9H,7-8H2,1-2H3,(H,16,17)(H,19,20). The molecule has 0 fully saturated rings. The van der Waals surface area contributed by atoms with Gasteiger partial charge in [-0.15, -0.1) is 0 Å². The predicted molar refractivity (Wildman–Crippen MR) is 73.4 cm³/mol. The fraction of sp³-hybridized carbons (Fsp3) is 0.385. The summed E-state index contributed by atoms with van der Waals surface area (Å²) < 4.78 is 2.08. The van der Waals surface area contributed by atoms with E-state index in [9.17, 15) is 4.79 Å². The summed E-state index contributed by atoms with van der Waals surface area (Å²) in [5, 5.41) is 11.8. The number of carboxylic acid groups (broad SMARTS) is 1. The van der Waals surface area contributed by atoms with Gasteiger partial charge in [0.25, 0.3) is 0 Å². The maximum absolute atomic E-state index is 10.7. The Bertz CT molecular complexity index is 577. The Morgan fingerprint density at radius 1 is 1.35 bits per heavy atom. The van der Waals surface area contributed by atoms with Crippen molar-refractivity contribution >= 4 is 11.8 Å². The minimum Gasteiger partial charge on any atom is -0.476 e. The van der Waals surface area contributed by atoms with Gasteiger partial charge in [-0.3, -0.25) is 0 Å². The average Bonchev–Trinajstić information content (AvgIpc) is 2.83. The lowest BCUT2D eigenvalue weighted by Crippen LogP contribution is -2.12. The summed E-state index contributed by atoms with van der Waals surface area (Å²) in [4.78, 5) is 22.8. The van der Waals surface area contributed by atoms with Crippen molar-refractivity contribution in [2.24, 2.45) is 5.92 Å². The molecule has 20 heavy (non-hydrogen) atoms. The molecule has 0 aromatic carbocycles. The van der Waals surface area contributed by atoms with Crippen LogP contribution in [0.4, 0.5) is 5.82 Å². The Balaban J connectivity index is 1.98. The lowest BCUT2D eigenvalue weighted by atomic mass is 10.2. The summed E-state index contributed by atoms with van der Waals surface area (Å²) in [6.45, 7) is 5.71. The van der Waals surface area contributed by atoms with Crippen LogP contribution in [0, 0.1) is 5.92 Å². The van der Waals surface area contributed by atoms with Gasteiger partial charge in [0, 0.05) is 18.9 Å². The third-order valence-corrected chi connectivity index (χ3v) is 2.66. The molecule has 0 saturated carbocycles. The van der Waals surface area contributed by atoms with Crippen molar-refractivity contribution in [3.05, 3.63) is 36.3 Å². The van der Waals surface area contributed by atoms with Crippen molar-refractivity contribution < 1.29 is 9.90 Å². The van der Waals surface area contributed by atoms with Crippen molar-refractivity contribution in [1.82, 2.24) is 19.5 Å². The number of hydrogen-bond donors (Lipinski definition) is 2. The average molecular weight is 275 g/mol. The van der Waals surface area contributed by atoms with Gasteiger partial charge in [-0.25, -0.2) is 19.7 Å². The highest BCUT2D eigenvalue weighted by Gasteiger charge is 2.07. The summed E-state index contributed by atoms with van der Waals surface area (Å²) in [5.74, 6) is 0.881. The molecular weight excluding hydrogens is 258 g/mol. The maximum atomic E-state index is 10.7. The number of nitrogens with zero attached hydrogens (tertiary/aromatic N) is 4. The maximum Gasteiger partial charge on any atom is 0.356 e. The summed E-state index contributed by atoms with van der Waals surface area (Å²) in [6.07, 6.45) is 6.33. The molecule has 0 radical (unpaired) electrons. The zero-order chi connectivity index (χ0) is 14.5. The van der Waals surface area contributed by atoms with Crippen molar-refractivity contribution in [1.29, 1.82) is 0 Å². The van der Waals surface area contributed by atoms with Crippen molar-refractivity contribution in [3.8, 4) is 0 Å². The Hall–Kier alpha value is -2.44. The number of carbonyl (C=O) groups is 1. The van der Waals surface area contributed by atoms with Gasteiger partial charge in [0.05, 0.1) is 18.9 Å². The number of aromatic nitrogens is 4. The molecule has 0 aliphatic rings. The summed E-state index contributed by atoms with van der Waals surface area (Å²) in [5.41, 5.74) is -0.0724. The van der Waals surface area contributed by atoms with Crippen LogP contribution in [0.2, 0.25) is 0 Å². The van der Waals surface area contributed by atoms with E-state index >= 15 is 0 Å². The molecule has 2 aromatic rings. The van der Waals surface area contributed by atoms with Crippen molar-refractivity contribution in [2.45, 2.75) is 26.9 Å². The van der Waals surface area contributed by atoms with Crippen LogP contribution in [0.15, 0.2) is 24.8 Å². The van der Waals surface area contributed by atoms with Crippen LogP contribution in [0.3, 0.4) is 0 Å².